The van der Waals surface area contributed by atoms with Crippen molar-refractivity contribution >= 4 is 17.7 Å². The molecule has 1 rings (SSSR count). The SMILES string of the molecule is COC(=O)C[C@H]1CCSC[C@H]1O. The van der Waals surface area contributed by atoms with Crippen LogP contribution in [-0.2, 0) is 9.53 Å². The number of carbonyl (C=O) groups is 1. The maximum atomic E-state index is 10.9. The van der Waals surface area contributed by atoms with Crippen molar-refractivity contribution in [3.05, 3.63) is 0 Å². The Kier molecular flexibility index (Phi) is 3.88. The summed E-state index contributed by atoms with van der Waals surface area (Å²) >= 11 is 1.74. The molecule has 1 aliphatic rings. The molecule has 0 aromatic carbocycles. The second-order valence-corrected chi connectivity index (χ2v) is 4.12. The van der Waals surface area contributed by atoms with E-state index in [4.69, 9.17) is 0 Å². The van der Waals surface area contributed by atoms with Crippen molar-refractivity contribution in [1.29, 1.82) is 0 Å². The van der Waals surface area contributed by atoms with Crippen LogP contribution in [0, 0.1) is 5.92 Å². The van der Waals surface area contributed by atoms with Crippen molar-refractivity contribution in [2.24, 2.45) is 5.92 Å². The van der Waals surface area contributed by atoms with Crippen LogP contribution >= 0.6 is 11.8 Å². The first-order valence-electron chi connectivity index (χ1n) is 4.06. The van der Waals surface area contributed by atoms with E-state index in [-0.39, 0.29) is 18.0 Å². The highest BCUT2D eigenvalue weighted by Crippen LogP contribution is 2.25. The van der Waals surface area contributed by atoms with E-state index in [2.05, 4.69) is 4.74 Å². The van der Waals surface area contributed by atoms with E-state index >= 15 is 0 Å². The van der Waals surface area contributed by atoms with Gasteiger partial charge in [-0.3, -0.25) is 4.79 Å². The third-order valence-electron chi connectivity index (χ3n) is 2.12. The van der Waals surface area contributed by atoms with Crippen molar-refractivity contribution in [3.8, 4) is 0 Å². The van der Waals surface area contributed by atoms with Gasteiger partial charge in [-0.1, -0.05) is 0 Å². The molecular weight excluding hydrogens is 176 g/mol. The van der Waals surface area contributed by atoms with E-state index in [1.807, 2.05) is 0 Å². The average molecular weight is 190 g/mol. The van der Waals surface area contributed by atoms with E-state index < -0.39 is 0 Å². The Bertz CT molecular complexity index is 160. The lowest BCUT2D eigenvalue weighted by atomic mass is 9.96. The van der Waals surface area contributed by atoms with Gasteiger partial charge in [0.2, 0.25) is 0 Å². The van der Waals surface area contributed by atoms with Gasteiger partial charge in [-0.05, 0) is 18.1 Å². The Balaban J connectivity index is 2.33. The molecule has 0 amide bonds. The first kappa shape index (κ1) is 9.86. The number of aliphatic hydroxyl groups is 1. The van der Waals surface area contributed by atoms with Crippen LogP contribution < -0.4 is 0 Å². The molecule has 70 valence electrons. The van der Waals surface area contributed by atoms with Gasteiger partial charge in [0.1, 0.15) is 0 Å². The lowest BCUT2D eigenvalue weighted by Gasteiger charge is -2.25. The van der Waals surface area contributed by atoms with Crippen molar-refractivity contribution < 1.29 is 14.6 Å². The molecule has 0 unspecified atom stereocenters. The van der Waals surface area contributed by atoms with Crippen molar-refractivity contribution in [1.82, 2.24) is 0 Å². The van der Waals surface area contributed by atoms with Gasteiger partial charge in [-0.2, -0.15) is 11.8 Å². The summed E-state index contributed by atoms with van der Waals surface area (Å²) in [6.07, 6.45) is 0.946. The van der Waals surface area contributed by atoms with Gasteiger partial charge in [0, 0.05) is 5.75 Å². The molecule has 3 nitrogen and oxygen atoms in total. The lowest BCUT2D eigenvalue weighted by Crippen LogP contribution is -2.29. The van der Waals surface area contributed by atoms with E-state index in [0.717, 1.165) is 17.9 Å². The van der Waals surface area contributed by atoms with E-state index in [1.54, 1.807) is 11.8 Å². The van der Waals surface area contributed by atoms with Crippen LogP contribution in [0.15, 0.2) is 0 Å². The Morgan fingerprint density at radius 1 is 1.75 bits per heavy atom. The Morgan fingerprint density at radius 2 is 2.50 bits per heavy atom. The fourth-order valence-electron chi connectivity index (χ4n) is 1.30. The topological polar surface area (TPSA) is 46.5 Å². The molecule has 1 saturated heterocycles. The molecule has 0 radical (unpaired) electrons. The van der Waals surface area contributed by atoms with Crippen LogP contribution in [0.1, 0.15) is 12.8 Å². The first-order valence-corrected chi connectivity index (χ1v) is 5.22. The van der Waals surface area contributed by atoms with E-state index in [9.17, 15) is 9.90 Å². The molecule has 0 aromatic rings. The maximum Gasteiger partial charge on any atom is 0.305 e. The van der Waals surface area contributed by atoms with Crippen LogP contribution in [0.25, 0.3) is 0 Å². The quantitative estimate of drug-likeness (QED) is 0.650. The van der Waals surface area contributed by atoms with Crippen LogP contribution in [0.4, 0.5) is 0 Å². The van der Waals surface area contributed by atoms with Gasteiger partial charge >= 0.3 is 5.97 Å². The molecule has 1 heterocycles. The number of thioether (sulfide) groups is 1. The van der Waals surface area contributed by atoms with Crippen LogP contribution in [0.2, 0.25) is 0 Å². The smallest absolute Gasteiger partial charge is 0.305 e. The molecule has 0 aliphatic carbocycles. The second kappa shape index (κ2) is 4.72. The van der Waals surface area contributed by atoms with Gasteiger partial charge in [-0.25, -0.2) is 0 Å². The summed E-state index contributed by atoms with van der Waals surface area (Å²) in [5.41, 5.74) is 0. The minimum atomic E-state index is -0.331. The minimum Gasteiger partial charge on any atom is -0.469 e. The monoisotopic (exact) mass is 190 g/mol. The molecule has 0 aromatic heterocycles. The summed E-state index contributed by atoms with van der Waals surface area (Å²) in [5.74, 6) is 1.69. The maximum absolute atomic E-state index is 10.9. The van der Waals surface area contributed by atoms with E-state index in [0.29, 0.717) is 6.42 Å². The molecule has 1 N–H and O–H groups in total. The second-order valence-electron chi connectivity index (χ2n) is 2.97. The average Bonchev–Trinajstić information content (AvgIpc) is 2.09. The predicted octanol–water partition coefficient (Wildman–Crippen LogP) is 0.663. The normalized spacial score (nSPS) is 29.8. The highest BCUT2D eigenvalue weighted by molar-refractivity contribution is 7.99. The largest absolute Gasteiger partial charge is 0.469 e. The predicted molar refractivity (Wildman–Crippen MR) is 48.1 cm³/mol. The van der Waals surface area contributed by atoms with Crippen LogP contribution in [0.3, 0.4) is 0 Å². The molecule has 0 spiro atoms. The van der Waals surface area contributed by atoms with E-state index in [1.165, 1.54) is 7.11 Å². The Labute approximate surface area is 76.5 Å². The highest BCUT2D eigenvalue weighted by atomic mass is 32.2. The Morgan fingerprint density at radius 3 is 3.08 bits per heavy atom. The standard InChI is InChI=1S/C8H14O3S/c1-11-8(10)4-6-2-3-12-5-7(6)9/h6-7,9H,2-5H2,1H3/t6-,7-/m1/s1. The molecule has 0 bridgehead atoms. The number of rotatable bonds is 2. The zero-order chi connectivity index (χ0) is 8.97. The molecule has 2 atom stereocenters. The van der Waals surface area contributed by atoms with Crippen LogP contribution in [0.5, 0.6) is 0 Å². The van der Waals surface area contributed by atoms with Gasteiger partial charge < -0.3 is 9.84 Å². The zero-order valence-corrected chi connectivity index (χ0v) is 7.97. The minimum absolute atomic E-state index is 0.110. The fraction of sp³-hybridized carbons (Fsp3) is 0.875. The molecule has 1 fully saturated rings. The zero-order valence-electron chi connectivity index (χ0n) is 7.16. The van der Waals surface area contributed by atoms with Gasteiger partial charge in [0.15, 0.2) is 0 Å². The lowest BCUT2D eigenvalue weighted by molar-refractivity contribution is -0.142. The molecular formula is C8H14O3S. The summed E-state index contributed by atoms with van der Waals surface area (Å²) < 4.78 is 4.54. The van der Waals surface area contributed by atoms with Gasteiger partial charge in [-0.15, -0.1) is 0 Å². The number of carbonyl (C=O) groups excluding carboxylic acids is 1. The molecule has 4 heteroatoms. The fourth-order valence-corrected chi connectivity index (χ4v) is 2.45. The molecule has 0 saturated carbocycles. The van der Waals surface area contributed by atoms with Crippen molar-refractivity contribution in [2.75, 3.05) is 18.6 Å². The summed E-state index contributed by atoms with van der Waals surface area (Å²) in [7, 11) is 1.38. The summed E-state index contributed by atoms with van der Waals surface area (Å²) in [6.45, 7) is 0. The van der Waals surface area contributed by atoms with Crippen LogP contribution in [-0.4, -0.2) is 35.8 Å². The highest BCUT2D eigenvalue weighted by Gasteiger charge is 2.25. The summed E-state index contributed by atoms with van der Waals surface area (Å²) in [6, 6.07) is 0. The number of aliphatic hydroxyl groups excluding tert-OH is 1. The molecule has 12 heavy (non-hydrogen) atoms. The van der Waals surface area contributed by atoms with Gasteiger partial charge in [0.05, 0.1) is 19.6 Å². The number of esters is 1. The van der Waals surface area contributed by atoms with Crippen molar-refractivity contribution in [2.45, 2.75) is 18.9 Å². The number of ether oxygens (including phenoxy) is 1. The first-order chi connectivity index (χ1) is 5.74. The summed E-state index contributed by atoms with van der Waals surface area (Å²) in [4.78, 5) is 10.9. The van der Waals surface area contributed by atoms with Gasteiger partial charge in [0.25, 0.3) is 0 Å². The Hall–Kier alpha value is -0.220. The number of hydrogen-bond acceptors (Lipinski definition) is 4. The number of methoxy groups -OCH3 is 1. The summed E-state index contributed by atoms with van der Waals surface area (Å²) in [5, 5.41) is 9.48. The third-order valence-corrected chi connectivity index (χ3v) is 3.22. The van der Waals surface area contributed by atoms with Crippen molar-refractivity contribution in [3.63, 3.8) is 0 Å². The molecule has 1 aliphatic heterocycles. The number of hydrogen-bond donors (Lipinski definition) is 1. The third kappa shape index (κ3) is 2.68.